The minimum Gasteiger partial charge on any atom is -0.462 e. The van der Waals surface area contributed by atoms with Crippen LogP contribution in [0, 0.1) is 0 Å². The van der Waals surface area contributed by atoms with Crippen LogP contribution in [-0.4, -0.2) is 41.4 Å². The second-order valence-corrected chi connectivity index (χ2v) is 7.95. The molecule has 0 saturated carbocycles. The summed E-state index contributed by atoms with van der Waals surface area (Å²) in [6.45, 7) is 3.67. The number of benzene rings is 3. The van der Waals surface area contributed by atoms with Gasteiger partial charge in [0.05, 0.1) is 30.0 Å². The van der Waals surface area contributed by atoms with Crippen LogP contribution in [0.25, 0.3) is 11.5 Å². The van der Waals surface area contributed by atoms with Crippen molar-refractivity contribution in [3.05, 3.63) is 101 Å². The molecule has 4 rings (SSSR count). The summed E-state index contributed by atoms with van der Waals surface area (Å²) in [7, 11) is 0. The first kappa shape index (κ1) is 26.1. The highest BCUT2D eigenvalue weighted by atomic mass is 16.5. The number of urea groups is 1. The molecule has 38 heavy (non-hydrogen) atoms. The number of carbonyl (C=O) groups excluding carboxylic acids is 3. The van der Waals surface area contributed by atoms with E-state index in [0.717, 1.165) is 5.56 Å². The van der Waals surface area contributed by atoms with Gasteiger partial charge in [-0.25, -0.2) is 14.4 Å². The molecule has 194 valence electrons. The van der Waals surface area contributed by atoms with Gasteiger partial charge in [0, 0.05) is 5.56 Å². The molecule has 10 nitrogen and oxygen atoms in total. The highest BCUT2D eigenvalue weighted by Crippen LogP contribution is 2.26. The molecule has 0 radical (unpaired) electrons. The van der Waals surface area contributed by atoms with E-state index < -0.39 is 24.0 Å². The van der Waals surface area contributed by atoms with Crippen LogP contribution in [0.2, 0.25) is 0 Å². The number of esters is 2. The lowest BCUT2D eigenvalue weighted by Crippen LogP contribution is -2.34. The molecular weight excluding hydrogens is 488 g/mol. The standard InChI is InChI=1S/C28H26N4O6/c1-3-36-26(33)20-15-16-21(27(34)37-4-2)22(17-20)29-28(35)30-23(18-11-7-5-8-12-18)25-32-31-24(38-25)19-13-9-6-10-14-19/h5-17,23H,3-4H2,1-2H3,(H2,29,30,35)/t23-/m0/s1. The van der Waals surface area contributed by atoms with Crippen molar-refractivity contribution in [2.24, 2.45) is 0 Å². The van der Waals surface area contributed by atoms with Crippen LogP contribution in [0.1, 0.15) is 52.1 Å². The lowest BCUT2D eigenvalue weighted by atomic mass is 10.1. The van der Waals surface area contributed by atoms with Crippen LogP contribution in [0.4, 0.5) is 10.5 Å². The molecule has 3 aromatic carbocycles. The maximum atomic E-state index is 13.2. The fourth-order valence-electron chi connectivity index (χ4n) is 3.65. The van der Waals surface area contributed by atoms with E-state index in [1.807, 2.05) is 60.7 Å². The van der Waals surface area contributed by atoms with Gasteiger partial charge in [-0.3, -0.25) is 0 Å². The zero-order chi connectivity index (χ0) is 26.9. The number of amides is 2. The summed E-state index contributed by atoms with van der Waals surface area (Å²) in [6.07, 6.45) is 0. The molecule has 2 N–H and O–H groups in total. The molecule has 0 aliphatic heterocycles. The van der Waals surface area contributed by atoms with Crippen molar-refractivity contribution >= 4 is 23.7 Å². The van der Waals surface area contributed by atoms with E-state index in [9.17, 15) is 14.4 Å². The first-order valence-electron chi connectivity index (χ1n) is 12.0. The van der Waals surface area contributed by atoms with E-state index in [0.29, 0.717) is 11.5 Å². The smallest absolute Gasteiger partial charge is 0.340 e. The van der Waals surface area contributed by atoms with Gasteiger partial charge in [0.2, 0.25) is 11.8 Å². The Labute approximate surface area is 219 Å². The van der Waals surface area contributed by atoms with Crippen LogP contribution < -0.4 is 10.6 Å². The molecule has 2 amide bonds. The fraction of sp³-hybridized carbons (Fsp3) is 0.179. The van der Waals surface area contributed by atoms with Gasteiger partial charge in [0.15, 0.2) is 0 Å². The molecule has 0 fully saturated rings. The summed E-state index contributed by atoms with van der Waals surface area (Å²) >= 11 is 0. The van der Waals surface area contributed by atoms with Gasteiger partial charge in [-0.15, -0.1) is 10.2 Å². The van der Waals surface area contributed by atoms with Crippen molar-refractivity contribution in [1.29, 1.82) is 0 Å². The lowest BCUT2D eigenvalue weighted by Gasteiger charge is -2.18. The molecule has 1 atom stereocenters. The van der Waals surface area contributed by atoms with Crippen molar-refractivity contribution in [3.8, 4) is 11.5 Å². The molecular formula is C28H26N4O6. The first-order valence-corrected chi connectivity index (χ1v) is 12.0. The number of anilines is 1. The van der Waals surface area contributed by atoms with E-state index in [4.69, 9.17) is 13.9 Å². The van der Waals surface area contributed by atoms with Gasteiger partial charge in [-0.05, 0) is 49.7 Å². The van der Waals surface area contributed by atoms with Crippen molar-refractivity contribution in [2.45, 2.75) is 19.9 Å². The Bertz CT molecular complexity index is 1410. The Morgan fingerprint density at radius 1 is 0.842 bits per heavy atom. The second-order valence-electron chi connectivity index (χ2n) is 7.95. The Kier molecular flexibility index (Phi) is 8.45. The number of aromatic nitrogens is 2. The van der Waals surface area contributed by atoms with Crippen molar-refractivity contribution in [1.82, 2.24) is 15.5 Å². The van der Waals surface area contributed by atoms with Crippen LogP contribution in [0.15, 0.2) is 83.3 Å². The van der Waals surface area contributed by atoms with Gasteiger partial charge in [-0.1, -0.05) is 48.5 Å². The van der Waals surface area contributed by atoms with Crippen molar-refractivity contribution in [3.63, 3.8) is 0 Å². The predicted molar refractivity (Wildman–Crippen MR) is 139 cm³/mol. The minimum atomic E-state index is -0.805. The van der Waals surface area contributed by atoms with Crippen LogP contribution in [0.5, 0.6) is 0 Å². The average molecular weight is 515 g/mol. The molecule has 0 bridgehead atoms. The number of nitrogens with one attached hydrogen (secondary N) is 2. The number of carbonyl (C=O) groups is 3. The Morgan fingerprint density at radius 2 is 1.50 bits per heavy atom. The summed E-state index contributed by atoms with van der Waals surface area (Å²) < 4.78 is 16.1. The van der Waals surface area contributed by atoms with Gasteiger partial charge in [0.25, 0.3) is 0 Å². The molecule has 0 spiro atoms. The van der Waals surface area contributed by atoms with E-state index >= 15 is 0 Å². The lowest BCUT2D eigenvalue weighted by molar-refractivity contribution is 0.0512. The molecule has 1 aromatic heterocycles. The Morgan fingerprint density at radius 3 is 2.18 bits per heavy atom. The number of ether oxygens (including phenoxy) is 2. The maximum Gasteiger partial charge on any atom is 0.340 e. The van der Waals surface area contributed by atoms with E-state index in [2.05, 4.69) is 20.8 Å². The zero-order valence-electron chi connectivity index (χ0n) is 20.8. The summed E-state index contributed by atoms with van der Waals surface area (Å²) in [5, 5.41) is 13.8. The van der Waals surface area contributed by atoms with Crippen molar-refractivity contribution < 1.29 is 28.3 Å². The van der Waals surface area contributed by atoms with Crippen LogP contribution >= 0.6 is 0 Å². The molecule has 4 aromatic rings. The molecule has 0 aliphatic carbocycles. The highest BCUT2D eigenvalue weighted by molar-refractivity contribution is 6.03. The third-order valence-electron chi connectivity index (χ3n) is 5.39. The summed E-state index contributed by atoms with van der Waals surface area (Å²) in [4.78, 5) is 38.0. The van der Waals surface area contributed by atoms with E-state index in [1.165, 1.54) is 18.2 Å². The van der Waals surface area contributed by atoms with E-state index in [-0.39, 0.29) is 35.9 Å². The number of nitrogens with zero attached hydrogens (tertiary/aromatic N) is 2. The summed E-state index contributed by atoms with van der Waals surface area (Å²) in [5.74, 6) is -0.776. The van der Waals surface area contributed by atoms with Gasteiger partial charge in [0.1, 0.15) is 6.04 Å². The van der Waals surface area contributed by atoms with Crippen LogP contribution in [-0.2, 0) is 9.47 Å². The molecule has 10 heteroatoms. The summed E-state index contributed by atoms with van der Waals surface area (Å²) in [6, 6.07) is 21.1. The maximum absolute atomic E-state index is 13.2. The minimum absolute atomic E-state index is 0.0776. The van der Waals surface area contributed by atoms with Crippen molar-refractivity contribution in [2.75, 3.05) is 18.5 Å². The quantitative estimate of drug-likeness (QED) is 0.298. The van der Waals surface area contributed by atoms with Gasteiger partial charge >= 0.3 is 18.0 Å². The second kappa shape index (κ2) is 12.3. The normalized spacial score (nSPS) is 11.3. The third kappa shape index (κ3) is 6.22. The average Bonchev–Trinajstić information content (AvgIpc) is 3.43. The highest BCUT2D eigenvalue weighted by Gasteiger charge is 2.25. The molecule has 0 unspecified atom stereocenters. The third-order valence-corrected chi connectivity index (χ3v) is 5.39. The Balaban J connectivity index is 1.63. The fourth-order valence-corrected chi connectivity index (χ4v) is 3.65. The predicted octanol–water partition coefficient (Wildman–Crippen LogP) is 5.00. The topological polar surface area (TPSA) is 133 Å². The Hall–Kier alpha value is -4.99. The first-order chi connectivity index (χ1) is 18.5. The monoisotopic (exact) mass is 514 g/mol. The van der Waals surface area contributed by atoms with Gasteiger partial charge in [-0.2, -0.15) is 0 Å². The molecule has 1 heterocycles. The number of rotatable bonds is 9. The van der Waals surface area contributed by atoms with Gasteiger partial charge < -0.3 is 24.5 Å². The number of hydrogen-bond acceptors (Lipinski definition) is 8. The van der Waals surface area contributed by atoms with E-state index in [1.54, 1.807) is 13.8 Å². The largest absolute Gasteiger partial charge is 0.462 e. The number of hydrogen-bond donors (Lipinski definition) is 2. The summed E-state index contributed by atoms with van der Waals surface area (Å²) in [5.41, 5.74) is 1.75. The van der Waals surface area contributed by atoms with Crippen LogP contribution in [0.3, 0.4) is 0 Å². The molecule has 0 saturated heterocycles. The zero-order valence-corrected chi connectivity index (χ0v) is 20.8. The SMILES string of the molecule is CCOC(=O)c1ccc(C(=O)OCC)c(NC(=O)N[C@@H](c2ccccc2)c2nnc(-c3ccccc3)o2)c1. The molecule has 0 aliphatic rings.